The topological polar surface area (TPSA) is 59.9 Å². The van der Waals surface area contributed by atoms with Gasteiger partial charge in [0.25, 0.3) is 0 Å². The maximum Gasteiger partial charge on any atom is 0.151 e. The van der Waals surface area contributed by atoms with E-state index in [9.17, 15) is 8.42 Å². The van der Waals surface area contributed by atoms with Crippen LogP contribution in [-0.2, 0) is 15.7 Å². The van der Waals surface area contributed by atoms with Crippen LogP contribution in [0.4, 0.5) is 0 Å². The lowest BCUT2D eigenvalue weighted by molar-refractivity contribution is 0.601. The van der Waals surface area contributed by atoms with E-state index in [1.165, 1.54) is 0 Å². The zero-order valence-corrected chi connectivity index (χ0v) is 9.63. The summed E-state index contributed by atoms with van der Waals surface area (Å²) in [7, 11) is -2.87. The van der Waals surface area contributed by atoms with Crippen molar-refractivity contribution >= 4 is 21.4 Å². The summed E-state index contributed by atoms with van der Waals surface area (Å²) in [4.78, 5) is 8.27. The molecule has 2 heterocycles. The Kier molecular flexibility index (Phi) is 2.93. The Hall–Kier alpha value is -0.680. The summed E-state index contributed by atoms with van der Waals surface area (Å²) in [6, 6.07) is 0. The molecule has 6 heteroatoms. The van der Waals surface area contributed by atoms with Gasteiger partial charge in [0, 0.05) is 23.9 Å². The fourth-order valence-electron chi connectivity index (χ4n) is 1.64. The molecule has 1 atom stereocenters. The summed E-state index contributed by atoms with van der Waals surface area (Å²) >= 11 is 5.61. The molecule has 0 amide bonds. The van der Waals surface area contributed by atoms with Crippen LogP contribution in [0.15, 0.2) is 12.4 Å². The van der Waals surface area contributed by atoms with Gasteiger partial charge >= 0.3 is 0 Å². The van der Waals surface area contributed by atoms with Gasteiger partial charge < -0.3 is 0 Å². The SMILES string of the molecule is O=S1(=O)CCC(c2ncc(CCl)cn2)C1. The van der Waals surface area contributed by atoms with Crippen LogP contribution in [0.5, 0.6) is 0 Å². The van der Waals surface area contributed by atoms with E-state index >= 15 is 0 Å². The Labute approximate surface area is 93.6 Å². The van der Waals surface area contributed by atoms with Gasteiger partial charge in [0.2, 0.25) is 0 Å². The van der Waals surface area contributed by atoms with E-state index in [0.717, 1.165) is 5.56 Å². The molecule has 1 aliphatic heterocycles. The molecule has 0 aromatic carbocycles. The van der Waals surface area contributed by atoms with Crippen LogP contribution < -0.4 is 0 Å². The predicted molar refractivity (Wildman–Crippen MR) is 57.6 cm³/mol. The standard InChI is InChI=1S/C9H11ClN2O2S/c10-3-7-4-11-9(12-5-7)8-1-2-15(13,14)6-8/h4-5,8H,1-3,6H2. The van der Waals surface area contributed by atoms with Crippen molar-refractivity contribution in [2.75, 3.05) is 11.5 Å². The van der Waals surface area contributed by atoms with Crippen molar-refractivity contribution < 1.29 is 8.42 Å². The fourth-order valence-corrected chi connectivity index (χ4v) is 3.52. The number of hydrogen-bond donors (Lipinski definition) is 0. The first-order valence-electron chi connectivity index (χ1n) is 4.68. The summed E-state index contributed by atoms with van der Waals surface area (Å²) in [6.45, 7) is 0. The molecule has 1 aromatic rings. The van der Waals surface area contributed by atoms with Crippen LogP contribution in [0.3, 0.4) is 0 Å². The van der Waals surface area contributed by atoms with Gasteiger partial charge in [-0.1, -0.05) is 0 Å². The van der Waals surface area contributed by atoms with Gasteiger partial charge in [-0.15, -0.1) is 11.6 Å². The van der Waals surface area contributed by atoms with Crippen LogP contribution in [-0.4, -0.2) is 29.9 Å². The first kappa shape index (κ1) is 10.8. The monoisotopic (exact) mass is 246 g/mol. The molecule has 0 saturated carbocycles. The van der Waals surface area contributed by atoms with Crippen molar-refractivity contribution in [3.63, 3.8) is 0 Å². The maximum absolute atomic E-state index is 11.3. The summed E-state index contributed by atoms with van der Waals surface area (Å²) < 4.78 is 22.5. The lowest BCUT2D eigenvalue weighted by atomic mass is 10.1. The van der Waals surface area contributed by atoms with E-state index < -0.39 is 9.84 Å². The molecule has 1 fully saturated rings. The van der Waals surface area contributed by atoms with Gasteiger partial charge in [-0.25, -0.2) is 18.4 Å². The molecule has 2 rings (SSSR count). The van der Waals surface area contributed by atoms with Crippen molar-refractivity contribution in [1.82, 2.24) is 9.97 Å². The number of hydrogen-bond acceptors (Lipinski definition) is 4. The second-order valence-electron chi connectivity index (χ2n) is 3.68. The Morgan fingerprint density at radius 1 is 1.40 bits per heavy atom. The minimum atomic E-state index is -2.87. The van der Waals surface area contributed by atoms with E-state index in [4.69, 9.17) is 11.6 Å². The Bertz CT molecular complexity index is 444. The highest BCUT2D eigenvalue weighted by Gasteiger charge is 2.30. The zero-order valence-electron chi connectivity index (χ0n) is 8.06. The molecule has 4 nitrogen and oxygen atoms in total. The van der Waals surface area contributed by atoms with E-state index in [1.807, 2.05) is 0 Å². The molecule has 82 valence electrons. The van der Waals surface area contributed by atoms with Crippen molar-refractivity contribution in [3.05, 3.63) is 23.8 Å². The Morgan fingerprint density at radius 2 is 2.07 bits per heavy atom. The fraction of sp³-hybridized carbons (Fsp3) is 0.556. The second kappa shape index (κ2) is 4.06. The van der Waals surface area contributed by atoms with Crippen LogP contribution in [0, 0.1) is 0 Å². The maximum atomic E-state index is 11.3. The number of sulfone groups is 1. The van der Waals surface area contributed by atoms with Crippen molar-refractivity contribution in [2.45, 2.75) is 18.2 Å². The lowest BCUT2D eigenvalue weighted by Gasteiger charge is -2.05. The minimum Gasteiger partial charge on any atom is -0.241 e. The molecule has 0 spiro atoms. The van der Waals surface area contributed by atoms with E-state index in [1.54, 1.807) is 12.4 Å². The van der Waals surface area contributed by atoms with Crippen LogP contribution >= 0.6 is 11.6 Å². The first-order chi connectivity index (χ1) is 7.11. The highest BCUT2D eigenvalue weighted by atomic mass is 35.5. The number of alkyl halides is 1. The Morgan fingerprint density at radius 3 is 2.53 bits per heavy atom. The third-order valence-corrected chi connectivity index (χ3v) is 4.55. The molecule has 1 aliphatic rings. The van der Waals surface area contributed by atoms with Crippen molar-refractivity contribution in [3.8, 4) is 0 Å². The summed E-state index contributed by atoms with van der Waals surface area (Å²) in [5.74, 6) is 1.37. The highest BCUT2D eigenvalue weighted by Crippen LogP contribution is 2.26. The number of aromatic nitrogens is 2. The number of halogens is 1. The quantitative estimate of drug-likeness (QED) is 0.734. The van der Waals surface area contributed by atoms with Crippen LogP contribution in [0.1, 0.15) is 23.7 Å². The van der Waals surface area contributed by atoms with E-state index in [2.05, 4.69) is 9.97 Å². The molecule has 0 bridgehead atoms. The molecule has 1 aromatic heterocycles. The first-order valence-corrected chi connectivity index (χ1v) is 7.03. The average molecular weight is 247 g/mol. The largest absolute Gasteiger partial charge is 0.241 e. The van der Waals surface area contributed by atoms with Gasteiger partial charge in [0.05, 0.1) is 17.4 Å². The third kappa shape index (κ3) is 2.46. The smallest absolute Gasteiger partial charge is 0.151 e. The number of nitrogens with zero attached hydrogens (tertiary/aromatic N) is 2. The van der Waals surface area contributed by atoms with Gasteiger partial charge in [-0.3, -0.25) is 0 Å². The van der Waals surface area contributed by atoms with Crippen LogP contribution in [0.2, 0.25) is 0 Å². The zero-order chi connectivity index (χ0) is 10.9. The van der Waals surface area contributed by atoms with E-state index in [-0.39, 0.29) is 17.4 Å². The lowest BCUT2D eigenvalue weighted by Crippen LogP contribution is -2.07. The molecule has 0 N–H and O–H groups in total. The van der Waals surface area contributed by atoms with Gasteiger partial charge in [-0.2, -0.15) is 0 Å². The van der Waals surface area contributed by atoms with Gasteiger partial charge in [0.1, 0.15) is 5.82 Å². The minimum absolute atomic E-state index is 0.0422. The molecule has 0 aliphatic carbocycles. The van der Waals surface area contributed by atoms with E-state index in [0.29, 0.717) is 18.1 Å². The summed E-state index contributed by atoms with van der Waals surface area (Å²) in [5, 5.41) is 0. The van der Waals surface area contributed by atoms with Crippen molar-refractivity contribution in [2.24, 2.45) is 0 Å². The summed E-state index contributed by atoms with van der Waals surface area (Å²) in [6.07, 6.45) is 3.93. The van der Waals surface area contributed by atoms with Gasteiger partial charge in [0.15, 0.2) is 9.84 Å². The number of rotatable bonds is 2. The molecular weight excluding hydrogens is 236 g/mol. The van der Waals surface area contributed by atoms with Gasteiger partial charge in [-0.05, 0) is 6.42 Å². The second-order valence-corrected chi connectivity index (χ2v) is 6.18. The summed E-state index contributed by atoms with van der Waals surface area (Å²) in [5.41, 5.74) is 0.848. The normalized spacial score (nSPS) is 24.2. The Balaban J connectivity index is 2.17. The molecular formula is C9H11ClN2O2S. The third-order valence-electron chi connectivity index (χ3n) is 2.48. The van der Waals surface area contributed by atoms with Crippen molar-refractivity contribution in [1.29, 1.82) is 0 Å². The van der Waals surface area contributed by atoms with Crippen LogP contribution in [0.25, 0.3) is 0 Å². The molecule has 0 radical (unpaired) electrons. The highest BCUT2D eigenvalue weighted by molar-refractivity contribution is 7.91. The molecule has 15 heavy (non-hydrogen) atoms. The average Bonchev–Trinajstić information content (AvgIpc) is 2.59. The molecule has 1 saturated heterocycles. The predicted octanol–water partition coefficient (Wildman–Crippen LogP) is 1.12. The molecule has 1 unspecified atom stereocenters.